The Morgan fingerprint density at radius 1 is 0.243 bits per heavy atom. The molecule has 1 heteroatoms. The first-order chi connectivity index (χ1) is 34.3. The SMILES string of the molecule is CCC1(CC)c2ccccc2-c2ccc(-c3ccc(N(c4ccc(-c5ccc6c(c5)C(CC)(CC)c5ccccc5-6)cc4)c4ccc(-c5ccc6c(c5)C(CC)(CC)c5ccccc5-6)cc4)cc3)cc21. The Labute approximate surface area is 416 Å². The summed E-state index contributed by atoms with van der Waals surface area (Å²) in [6, 6.07) is 76.5. The zero-order valence-corrected chi connectivity index (χ0v) is 41.7. The second kappa shape index (κ2) is 17.0. The molecule has 9 aromatic rings. The van der Waals surface area contributed by atoms with Gasteiger partial charge in [0.05, 0.1) is 0 Å². The van der Waals surface area contributed by atoms with Gasteiger partial charge in [0.15, 0.2) is 0 Å². The maximum atomic E-state index is 2.48. The Morgan fingerprint density at radius 2 is 0.471 bits per heavy atom. The molecule has 0 aliphatic heterocycles. The third kappa shape index (κ3) is 6.36. The van der Waals surface area contributed by atoms with Gasteiger partial charge in [0.2, 0.25) is 0 Å². The van der Waals surface area contributed by atoms with Crippen LogP contribution >= 0.6 is 0 Å². The quantitative estimate of drug-likeness (QED) is 0.118. The van der Waals surface area contributed by atoms with Crippen molar-refractivity contribution in [3.05, 3.63) is 234 Å². The van der Waals surface area contributed by atoms with Crippen molar-refractivity contribution in [1.29, 1.82) is 0 Å². The van der Waals surface area contributed by atoms with Gasteiger partial charge in [0, 0.05) is 33.3 Å². The third-order valence-electron chi connectivity index (χ3n) is 17.8. The van der Waals surface area contributed by atoms with Gasteiger partial charge < -0.3 is 4.90 Å². The fourth-order valence-corrected chi connectivity index (χ4v) is 13.8. The summed E-state index contributed by atoms with van der Waals surface area (Å²) in [4.78, 5) is 2.42. The summed E-state index contributed by atoms with van der Waals surface area (Å²) in [5, 5.41) is 0. The molecule has 0 saturated carbocycles. The maximum absolute atomic E-state index is 2.48. The molecule has 0 saturated heterocycles. The van der Waals surface area contributed by atoms with Crippen molar-refractivity contribution in [1.82, 2.24) is 0 Å². The van der Waals surface area contributed by atoms with E-state index in [4.69, 9.17) is 0 Å². The van der Waals surface area contributed by atoms with Gasteiger partial charge in [-0.1, -0.05) is 187 Å². The molecule has 0 bridgehead atoms. The van der Waals surface area contributed by atoms with Crippen LogP contribution < -0.4 is 4.90 Å². The molecule has 0 aromatic heterocycles. The number of anilines is 3. The molecule has 1 nitrogen and oxygen atoms in total. The van der Waals surface area contributed by atoms with Crippen molar-refractivity contribution in [3.8, 4) is 66.8 Å². The molecule has 0 fully saturated rings. The van der Waals surface area contributed by atoms with Crippen molar-refractivity contribution in [3.63, 3.8) is 0 Å². The molecule has 0 heterocycles. The van der Waals surface area contributed by atoms with Crippen molar-refractivity contribution < 1.29 is 0 Å². The van der Waals surface area contributed by atoms with E-state index in [2.05, 4.69) is 247 Å². The van der Waals surface area contributed by atoms with Gasteiger partial charge in [-0.05, 0) is 193 Å². The lowest BCUT2D eigenvalue weighted by atomic mass is 9.73. The molecule has 0 unspecified atom stereocenters. The van der Waals surface area contributed by atoms with E-state index in [-0.39, 0.29) is 16.2 Å². The highest BCUT2D eigenvalue weighted by molar-refractivity contribution is 5.88. The van der Waals surface area contributed by atoms with E-state index in [9.17, 15) is 0 Å². The predicted molar refractivity (Wildman–Crippen MR) is 298 cm³/mol. The van der Waals surface area contributed by atoms with Gasteiger partial charge in [-0.2, -0.15) is 0 Å². The lowest BCUT2D eigenvalue weighted by Gasteiger charge is -2.30. The molecular formula is C69H63N. The molecule has 0 atom stereocenters. The largest absolute Gasteiger partial charge is 0.311 e. The lowest BCUT2D eigenvalue weighted by Crippen LogP contribution is -2.23. The number of hydrogen-bond acceptors (Lipinski definition) is 1. The van der Waals surface area contributed by atoms with Gasteiger partial charge in [0.1, 0.15) is 0 Å². The highest BCUT2D eigenvalue weighted by atomic mass is 15.1. The summed E-state index contributed by atoms with van der Waals surface area (Å²) in [5.74, 6) is 0. The average molecular weight is 906 g/mol. The molecule has 0 spiro atoms. The second-order valence-electron chi connectivity index (χ2n) is 20.3. The molecular weight excluding hydrogens is 843 g/mol. The summed E-state index contributed by atoms with van der Waals surface area (Å²) in [6.07, 6.45) is 6.50. The highest BCUT2D eigenvalue weighted by Gasteiger charge is 2.43. The number of rotatable bonds is 12. The number of fused-ring (bicyclic) bond motifs is 9. The van der Waals surface area contributed by atoms with Crippen LogP contribution in [0.15, 0.2) is 200 Å². The second-order valence-corrected chi connectivity index (χ2v) is 20.3. The number of nitrogens with zero attached hydrogens (tertiary/aromatic N) is 1. The van der Waals surface area contributed by atoms with Crippen molar-refractivity contribution in [2.24, 2.45) is 0 Å². The van der Waals surface area contributed by atoms with Crippen LogP contribution in [0.1, 0.15) is 113 Å². The molecule has 70 heavy (non-hydrogen) atoms. The molecule has 12 rings (SSSR count). The Bertz CT molecular complexity index is 3060. The van der Waals surface area contributed by atoms with E-state index in [1.807, 2.05) is 0 Å². The van der Waals surface area contributed by atoms with Crippen LogP contribution in [0, 0.1) is 0 Å². The van der Waals surface area contributed by atoms with E-state index in [1.165, 1.54) is 100 Å². The first-order valence-electron chi connectivity index (χ1n) is 26.2. The monoisotopic (exact) mass is 905 g/mol. The lowest BCUT2D eigenvalue weighted by molar-refractivity contribution is 0.490. The minimum absolute atomic E-state index is 0.0385. The third-order valence-corrected chi connectivity index (χ3v) is 17.8. The normalized spacial score (nSPS) is 14.8. The van der Waals surface area contributed by atoms with Crippen molar-refractivity contribution in [2.45, 2.75) is 96.3 Å². The summed E-state index contributed by atoms with van der Waals surface area (Å²) in [6.45, 7) is 14.1. The highest BCUT2D eigenvalue weighted by Crippen LogP contribution is 2.56. The first kappa shape index (κ1) is 44.0. The van der Waals surface area contributed by atoms with E-state index >= 15 is 0 Å². The standard InChI is InChI=1S/C69H63N/c1-7-67(8-2)61-22-16-13-19-55(61)58-40-31-49(43-64(58)67)46-25-34-52(35-26-46)70(53-36-27-47(28-37-53)50-32-41-59-56-20-14-17-23-62(56)68(9-3,10-4)65(59)44-50)54-38-29-48(30-39-54)51-33-42-60-57-21-15-18-24-63(57)69(11-5,12-6)66(60)45-51/h13-45H,7-12H2,1-6H3. The number of hydrogen-bond donors (Lipinski definition) is 0. The molecule has 3 aliphatic rings. The Morgan fingerprint density at radius 3 is 0.729 bits per heavy atom. The van der Waals surface area contributed by atoms with Crippen LogP contribution in [-0.2, 0) is 16.2 Å². The van der Waals surface area contributed by atoms with Crippen LogP contribution in [0.3, 0.4) is 0 Å². The van der Waals surface area contributed by atoms with E-state index in [0.717, 1.165) is 55.6 Å². The van der Waals surface area contributed by atoms with Crippen LogP contribution in [0.2, 0.25) is 0 Å². The summed E-state index contributed by atoms with van der Waals surface area (Å²) < 4.78 is 0. The van der Waals surface area contributed by atoms with E-state index in [0.29, 0.717) is 0 Å². The van der Waals surface area contributed by atoms with Crippen LogP contribution in [0.4, 0.5) is 17.1 Å². The molecule has 9 aromatic carbocycles. The first-order valence-corrected chi connectivity index (χ1v) is 26.2. The minimum Gasteiger partial charge on any atom is -0.311 e. The zero-order chi connectivity index (χ0) is 47.8. The van der Waals surface area contributed by atoms with Crippen LogP contribution in [0.5, 0.6) is 0 Å². The van der Waals surface area contributed by atoms with Crippen molar-refractivity contribution in [2.75, 3.05) is 4.90 Å². The summed E-state index contributed by atoms with van der Waals surface area (Å²) in [5.41, 5.74) is 28.2. The molecule has 0 radical (unpaired) electrons. The topological polar surface area (TPSA) is 3.24 Å². The van der Waals surface area contributed by atoms with Crippen LogP contribution in [-0.4, -0.2) is 0 Å². The van der Waals surface area contributed by atoms with E-state index in [1.54, 1.807) is 0 Å². The predicted octanol–water partition coefficient (Wildman–Crippen LogP) is 19.4. The Balaban J connectivity index is 0.916. The minimum atomic E-state index is 0.0385. The Kier molecular flexibility index (Phi) is 10.7. The van der Waals surface area contributed by atoms with Gasteiger partial charge in [-0.3, -0.25) is 0 Å². The average Bonchev–Trinajstić information content (AvgIpc) is 4.00. The number of benzene rings is 9. The van der Waals surface area contributed by atoms with E-state index < -0.39 is 0 Å². The molecule has 3 aliphatic carbocycles. The van der Waals surface area contributed by atoms with Gasteiger partial charge >= 0.3 is 0 Å². The van der Waals surface area contributed by atoms with Gasteiger partial charge in [0.25, 0.3) is 0 Å². The van der Waals surface area contributed by atoms with Crippen LogP contribution in [0.25, 0.3) is 66.8 Å². The Hall–Kier alpha value is -7.22. The summed E-state index contributed by atoms with van der Waals surface area (Å²) >= 11 is 0. The zero-order valence-electron chi connectivity index (χ0n) is 41.7. The smallest absolute Gasteiger partial charge is 0.0462 e. The van der Waals surface area contributed by atoms with Crippen molar-refractivity contribution >= 4 is 17.1 Å². The molecule has 0 amide bonds. The summed E-state index contributed by atoms with van der Waals surface area (Å²) in [7, 11) is 0. The fraction of sp³-hybridized carbons (Fsp3) is 0.217. The molecule has 0 N–H and O–H groups in total. The van der Waals surface area contributed by atoms with Gasteiger partial charge in [-0.15, -0.1) is 0 Å². The molecule has 344 valence electrons. The maximum Gasteiger partial charge on any atom is 0.0462 e. The fourth-order valence-electron chi connectivity index (χ4n) is 13.8. The van der Waals surface area contributed by atoms with Gasteiger partial charge in [-0.25, -0.2) is 0 Å².